The fourth-order valence-electron chi connectivity index (χ4n) is 3.75. The second kappa shape index (κ2) is 8.88. The minimum atomic E-state index is -1.12. The molecule has 3 rings (SSSR count). The van der Waals surface area contributed by atoms with Crippen LogP contribution in [-0.2, 0) is 14.3 Å². The average Bonchev–Trinajstić information content (AvgIpc) is 3.03. The summed E-state index contributed by atoms with van der Waals surface area (Å²) in [7, 11) is 0. The van der Waals surface area contributed by atoms with E-state index in [1.807, 2.05) is 20.8 Å². The van der Waals surface area contributed by atoms with E-state index < -0.39 is 17.2 Å². The Kier molecular flexibility index (Phi) is 6.57. The molecule has 0 saturated carbocycles. The van der Waals surface area contributed by atoms with Gasteiger partial charge in [-0.2, -0.15) is 0 Å². The van der Waals surface area contributed by atoms with E-state index in [1.165, 1.54) is 0 Å². The molecular formula is C23H33N3O6. The molecule has 3 amide bonds. The van der Waals surface area contributed by atoms with E-state index in [2.05, 4.69) is 0 Å². The van der Waals surface area contributed by atoms with Crippen LogP contribution >= 0.6 is 0 Å². The number of amides is 3. The van der Waals surface area contributed by atoms with Crippen LogP contribution in [0, 0.1) is 0 Å². The number of fused-ring (bicyclic) bond motifs is 1. The number of hydrogen-bond donors (Lipinski definition) is 0. The lowest BCUT2D eigenvalue weighted by Crippen LogP contribution is -2.54. The van der Waals surface area contributed by atoms with Crippen molar-refractivity contribution in [2.45, 2.75) is 58.8 Å². The number of hydrogen-bond acceptors (Lipinski definition) is 6. The minimum absolute atomic E-state index is 0.0839. The summed E-state index contributed by atoms with van der Waals surface area (Å²) in [5.74, 6) is 0.0671. The molecule has 176 valence electrons. The molecule has 9 nitrogen and oxygen atoms in total. The van der Waals surface area contributed by atoms with Crippen LogP contribution in [0.1, 0.15) is 41.5 Å². The molecule has 9 heteroatoms. The van der Waals surface area contributed by atoms with E-state index in [9.17, 15) is 14.4 Å². The van der Waals surface area contributed by atoms with Crippen LogP contribution in [0.25, 0.3) is 0 Å². The van der Waals surface area contributed by atoms with Crippen molar-refractivity contribution in [3.63, 3.8) is 0 Å². The van der Waals surface area contributed by atoms with Gasteiger partial charge < -0.3 is 24.0 Å². The van der Waals surface area contributed by atoms with Crippen molar-refractivity contribution in [2.75, 3.05) is 37.7 Å². The van der Waals surface area contributed by atoms with Gasteiger partial charge in [0.05, 0.1) is 12.6 Å². The molecule has 2 saturated heterocycles. The lowest BCUT2D eigenvalue weighted by molar-refractivity contribution is -0.158. The Balaban J connectivity index is 1.64. The number of carbonyl (C=O) groups excluding carboxylic acids is 3. The zero-order chi connectivity index (χ0) is 23.7. The van der Waals surface area contributed by atoms with Gasteiger partial charge in [0, 0.05) is 31.9 Å². The average molecular weight is 448 g/mol. The molecule has 0 aliphatic carbocycles. The fourth-order valence-corrected chi connectivity index (χ4v) is 3.75. The normalized spacial score (nSPS) is 19.0. The molecule has 2 aliphatic rings. The monoisotopic (exact) mass is 447 g/mol. The minimum Gasteiger partial charge on any atom is -0.476 e. The van der Waals surface area contributed by atoms with E-state index in [-0.39, 0.29) is 24.8 Å². The van der Waals surface area contributed by atoms with Gasteiger partial charge in [0.15, 0.2) is 5.60 Å². The van der Waals surface area contributed by atoms with Crippen molar-refractivity contribution in [1.82, 2.24) is 9.80 Å². The Morgan fingerprint density at radius 3 is 2.28 bits per heavy atom. The molecule has 0 spiro atoms. The van der Waals surface area contributed by atoms with E-state index in [1.54, 1.807) is 59.7 Å². The Labute approximate surface area is 189 Å². The first-order valence-corrected chi connectivity index (χ1v) is 10.9. The maximum absolute atomic E-state index is 12.9. The largest absolute Gasteiger partial charge is 0.476 e. The summed E-state index contributed by atoms with van der Waals surface area (Å²) in [6.07, 6.45) is -0.353. The zero-order valence-corrected chi connectivity index (χ0v) is 19.7. The second-order valence-corrected chi connectivity index (χ2v) is 9.49. The van der Waals surface area contributed by atoms with Gasteiger partial charge in [-0.25, -0.2) is 14.4 Å². The van der Waals surface area contributed by atoms with Gasteiger partial charge in [0.1, 0.15) is 11.4 Å². The summed E-state index contributed by atoms with van der Waals surface area (Å²) in [4.78, 5) is 42.6. The Morgan fingerprint density at radius 1 is 1.03 bits per heavy atom. The van der Waals surface area contributed by atoms with Gasteiger partial charge in [-0.15, -0.1) is 0 Å². The molecule has 32 heavy (non-hydrogen) atoms. The molecule has 2 aliphatic heterocycles. The lowest BCUT2D eigenvalue weighted by atomic mass is 10.1. The molecule has 1 aromatic carbocycles. The lowest BCUT2D eigenvalue weighted by Gasteiger charge is -2.36. The summed E-state index contributed by atoms with van der Waals surface area (Å²) in [6, 6.07) is 6.86. The molecular weight excluding hydrogens is 414 g/mol. The molecule has 0 N–H and O–H groups in total. The summed E-state index contributed by atoms with van der Waals surface area (Å²) in [5, 5.41) is 0. The molecule has 1 atom stereocenters. The summed E-state index contributed by atoms with van der Waals surface area (Å²) in [6.45, 7) is 12.7. The van der Waals surface area contributed by atoms with E-state index in [0.717, 1.165) is 5.69 Å². The highest BCUT2D eigenvalue weighted by Crippen LogP contribution is 2.29. The highest BCUT2D eigenvalue weighted by Gasteiger charge is 2.43. The predicted octanol–water partition coefficient (Wildman–Crippen LogP) is 3.27. The van der Waals surface area contributed by atoms with Crippen molar-refractivity contribution < 1.29 is 28.6 Å². The van der Waals surface area contributed by atoms with Crippen molar-refractivity contribution in [3.8, 4) is 5.75 Å². The Hall–Kier alpha value is -2.97. The maximum Gasteiger partial charge on any atom is 0.410 e. The molecule has 0 aromatic heterocycles. The SMILES string of the molecule is CCOC(=O)C(C)(C)Oc1ccc(N2C[C@@H]3CN(C(=O)OC(C)(C)C)CCN3C2=O)cc1. The van der Waals surface area contributed by atoms with Crippen LogP contribution in [0.3, 0.4) is 0 Å². The van der Waals surface area contributed by atoms with Gasteiger partial charge in [-0.3, -0.25) is 4.90 Å². The van der Waals surface area contributed by atoms with Gasteiger partial charge >= 0.3 is 18.1 Å². The van der Waals surface area contributed by atoms with E-state index in [4.69, 9.17) is 14.2 Å². The smallest absolute Gasteiger partial charge is 0.410 e. The van der Waals surface area contributed by atoms with Crippen molar-refractivity contribution in [2.24, 2.45) is 0 Å². The fraction of sp³-hybridized carbons (Fsp3) is 0.609. The number of benzene rings is 1. The van der Waals surface area contributed by atoms with Gasteiger partial charge in [0.25, 0.3) is 0 Å². The first-order chi connectivity index (χ1) is 14.9. The number of carbonyl (C=O) groups is 3. The molecule has 1 aromatic rings. The van der Waals surface area contributed by atoms with Crippen LogP contribution in [0.15, 0.2) is 24.3 Å². The number of rotatable bonds is 5. The van der Waals surface area contributed by atoms with E-state index in [0.29, 0.717) is 31.9 Å². The third-order valence-corrected chi connectivity index (χ3v) is 5.29. The van der Waals surface area contributed by atoms with Crippen LogP contribution in [-0.4, -0.2) is 77.9 Å². The van der Waals surface area contributed by atoms with Crippen LogP contribution < -0.4 is 9.64 Å². The standard InChI is InChI=1S/C23H33N3O6/c1-7-30-19(27)23(5,6)31-18-10-8-16(9-11-18)26-15-17-14-24(12-13-25(17)20(26)28)21(29)32-22(2,3)4/h8-11,17H,7,12-15H2,1-6H3/t17-/m0/s1. The third kappa shape index (κ3) is 5.26. The van der Waals surface area contributed by atoms with Gasteiger partial charge in [0.2, 0.25) is 0 Å². The number of nitrogens with zero attached hydrogens (tertiary/aromatic N) is 3. The molecule has 2 fully saturated rings. The van der Waals surface area contributed by atoms with E-state index >= 15 is 0 Å². The van der Waals surface area contributed by atoms with Crippen LogP contribution in [0.2, 0.25) is 0 Å². The van der Waals surface area contributed by atoms with Crippen LogP contribution in [0.5, 0.6) is 5.75 Å². The van der Waals surface area contributed by atoms with Crippen molar-refractivity contribution >= 4 is 23.8 Å². The first-order valence-electron chi connectivity index (χ1n) is 10.9. The quantitative estimate of drug-likeness (QED) is 0.644. The molecule has 0 radical (unpaired) electrons. The van der Waals surface area contributed by atoms with Gasteiger partial charge in [-0.1, -0.05) is 0 Å². The topological polar surface area (TPSA) is 88.6 Å². The van der Waals surface area contributed by atoms with Crippen LogP contribution in [0.4, 0.5) is 15.3 Å². The van der Waals surface area contributed by atoms with Crippen molar-refractivity contribution in [3.05, 3.63) is 24.3 Å². The molecule has 0 bridgehead atoms. The number of piperazine rings is 1. The highest BCUT2D eigenvalue weighted by atomic mass is 16.6. The van der Waals surface area contributed by atoms with Crippen molar-refractivity contribution in [1.29, 1.82) is 0 Å². The number of anilines is 1. The number of urea groups is 1. The number of esters is 1. The maximum atomic E-state index is 12.9. The molecule has 2 heterocycles. The Bertz CT molecular complexity index is 861. The van der Waals surface area contributed by atoms with Gasteiger partial charge in [-0.05, 0) is 65.8 Å². The first kappa shape index (κ1) is 23.7. The second-order valence-electron chi connectivity index (χ2n) is 9.49. The Morgan fingerprint density at radius 2 is 1.69 bits per heavy atom. The summed E-state index contributed by atoms with van der Waals surface area (Å²) in [5.41, 5.74) is -0.945. The zero-order valence-electron chi connectivity index (χ0n) is 19.7. The third-order valence-electron chi connectivity index (χ3n) is 5.29. The highest BCUT2D eigenvalue weighted by molar-refractivity contribution is 5.95. The molecule has 0 unspecified atom stereocenters. The number of ether oxygens (including phenoxy) is 3. The predicted molar refractivity (Wildman–Crippen MR) is 119 cm³/mol. The summed E-state index contributed by atoms with van der Waals surface area (Å²) < 4.78 is 16.3. The summed E-state index contributed by atoms with van der Waals surface area (Å²) >= 11 is 0.